The SMILES string of the molecule is C=CCCC(=C)N1c2cc(N(c3ccc4c(c3)C(c3ccccc3)(c3ccccc3)c3ccccc3-4)c3ccc4c(c3)c3ccccc3n4-c3ccccc3)ccc2-c2cccc3cccc1c23. The molecule has 1 aliphatic heterocycles. The van der Waals surface area contributed by atoms with Gasteiger partial charge in [0, 0.05) is 50.2 Å². The molecule has 13 rings (SSSR count). The Labute approximate surface area is 397 Å². The topological polar surface area (TPSA) is 11.4 Å². The van der Waals surface area contributed by atoms with E-state index in [1.54, 1.807) is 0 Å². The highest BCUT2D eigenvalue weighted by Crippen LogP contribution is 2.58. The molecular formula is C65H47N3. The van der Waals surface area contributed by atoms with Crippen LogP contribution in [0.3, 0.4) is 0 Å². The number of rotatable bonds is 10. The van der Waals surface area contributed by atoms with Crippen LogP contribution in [0.1, 0.15) is 35.1 Å². The molecule has 3 heteroatoms. The first-order valence-electron chi connectivity index (χ1n) is 23.6. The fourth-order valence-electron chi connectivity index (χ4n) is 11.6. The van der Waals surface area contributed by atoms with Gasteiger partial charge in [-0.25, -0.2) is 0 Å². The average molecular weight is 870 g/mol. The number of para-hydroxylation sites is 2. The van der Waals surface area contributed by atoms with Crippen LogP contribution < -0.4 is 9.80 Å². The number of hydrogen-bond acceptors (Lipinski definition) is 2. The Balaban J connectivity index is 1.09. The maximum absolute atomic E-state index is 4.75. The first-order chi connectivity index (χ1) is 33.6. The zero-order valence-electron chi connectivity index (χ0n) is 37.7. The molecule has 2 aliphatic rings. The minimum Gasteiger partial charge on any atom is -0.313 e. The summed E-state index contributed by atoms with van der Waals surface area (Å²) < 4.78 is 2.39. The van der Waals surface area contributed by atoms with Gasteiger partial charge < -0.3 is 14.4 Å². The van der Waals surface area contributed by atoms with Crippen molar-refractivity contribution in [2.75, 3.05) is 9.80 Å². The minimum atomic E-state index is -0.554. The summed E-state index contributed by atoms with van der Waals surface area (Å²) in [6, 6.07) is 85.2. The molecule has 0 saturated carbocycles. The van der Waals surface area contributed by atoms with Gasteiger partial charge >= 0.3 is 0 Å². The van der Waals surface area contributed by atoms with Crippen molar-refractivity contribution in [1.29, 1.82) is 0 Å². The molecule has 10 aromatic carbocycles. The highest BCUT2D eigenvalue weighted by Gasteiger charge is 2.46. The van der Waals surface area contributed by atoms with Crippen LogP contribution in [0.15, 0.2) is 255 Å². The van der Waals surface area contributed by atoms with Gasteiger partial charge in [-0.1, -0.05) is 176 Å². The smallest absolute Gasteiger partial charge is 0.0714 e. The number of anilines is 5. The Morgan fingerprint density at radius 3 is 1.82 bits per heavy atom. The molecule has 322 valence electrons. The molecule has 11 aromatic rings. The van der Waals surface area contributed by atoms with E-state index < -0.39 is 5.41 Å². The Bertz CT molecular complexity index is 3740. The summed E-state index contributed by atoms with van der Waals surface area (Å²) in [6.45, 7) is 8.83. The van der Waals surface area contributed by atoms with Crippen molar-refractivity contribution < 1.29 is 0 Å². The zero-order valence-corrected chi connectivity index (χ0v) is 37.7. The third-order valence-corrected chi connectivity index (χ3v) is 14.5. The molecular weight excluding hydrogens is 823 g/mol. The molecule has 0 bridgehead atoms. The number of aromatic nitrogens is 1. The number of nitrogens with zero attached hydrogens (tertiary/aromatic N) is 3. The van der Waals surface area contributed by atoms with E-state index in [0.29, 0.717) is 0 Å². The Hall–Kier alpha value is -8.66. The normalized spacial score (nSPS) is 13.0. The van der Waals surface area contributed by atoms with Gasteiger partial charge in [0.25, 0.3) is 0 Å². The van der Waals surface area contributed by atoms with Crippen LogP contribution in [0.4, 0.5) is 28.4 Å². The minimum absolute atomic E-state index is 0.554. The summed E-state index contributed by atoms with van der Waals surface area (Å²) in [7, 11) is 0. The molecule has 68 heavy (non-hydrogen) atoms. The maximum Gasteiger partial charge on any atom is 0.0714 e. The van der Waals surface area contributed by atoms with Gasteiger partial charge in [0.05, 0.1) is 27.8 Å². The van der Waals surface area contributed by atoms with Crippen molar-refractivity contribution >= 4 is 61.0 Å². The molecule has 0 unspecified atom stereocenters. The molecule has 3 nitrogen and oxygen atoms in total. The molecule has 0 amide bonds. The van der Waals surface area contributed by atoms with E-state index >= 15 is 0 Å². The largest absolute Gasteiger partial charge is 0.313 e. The van der Waals surface area contributed by atoms with E-state index in [-0.39, 0.29) is 0 Å². The molecule has 0 fully saturated rings. The van der Waals surface area contributed by atoms with Gasteiger partial charge in [-0.15, -0.1) is 6.58 Å². The van der Waals surface area contributed by atoms with Crippen molar-refractivity contribution in [3.8, 4) is 27.9 Å². The summed E-state index contributed by atoms with van der Waals surface area (Å²) >= 11 is 0. The molecule has 0 N–H and O–H groups in total. The number of allylic oxidation sites excluding steroid dienone is 2. The van der Waals surface area contributed by atoms with Crippen LogP contribution in [-0.4, -0.2) is 4.57 Å². The highest BCUT2D eigenvalue weighted by atomic mass is 15.2. The molecule has 0 spiro atoms. The second-order valence-corrected chi connectivity index (χ2v) is 18.1. The Morgan fingerprint density at radius 2 is 1.06 bits per heavy atom. The monoisotopic (exact) mass is 869 g/mol. The van der Waals surface area contributed by atoms with E-state index in [9.17, 15) is 0 Å². The van der Waals surface area contributed by atoms with E-state index in [2.05, 4.69) is 251 Å². The van der Waals surface area contributed by atoms with Crippen molar-refractivity contribution in [3.05, 3.63) is 278 Å². The van der Waals surface area contributed by atoms with E-state index in [4.69, 9.17) is 6.58 Å². The van der Waals surface area contributed by atoms with Crippen molar-refractivity contribution in [1.82, 2.24) is 4.57 Å². The molecule has 0 radical (unpaired) electrons. The first kappa shape index (κ1) is 39.7. The number of hydrogen-bond donors (Lipinski definition) is 0. The van der Waals surface area contributed by atoms with Crippen LogP contribution in [-0.2, 0) is 5.41 Å². The van der Waals surface area contributed by atoms with Crippen LogP contribution in [0.25, 0.3) is 60.5 Å². The van der Waals surface area contributed by atoms with Gasteiger partial charge in [-0.05, 0) is 124 Å². The predicted molar refractivity (Wildman–Crippen MR) is 286 cm³/mol. The second kappa shape index (κ2) is 15.8. The van der Waals surface area contributed by atoms with Crippen LogP contribution in [0.2, 0.25) is 0 Å². The number of benzene rings is 10. The van der Waals surface area contributed by atoms with Crippen LogP contribution in [0.5, 0.6) is 0 Å². The van der Waals surface area contributed by atoms with Gasteiger partial charge in [-0.3, -0.25) is 0 Å². The third kappa shape index (κ3) is 5.85. The van der Waals surface area contributed by atoms with E-state index in [1.165, 1.54) is 71.6 Å². The van der Waals surface area contributed by atoms with Gasteiger partial charge in [-0.2, -0.15) is 0 Å². The van der Waals surface area contributed by atoms with E-state index in [0.717, 1.165) is 58.2 Å². The molecule has 2 heterocycles. The lowest BCUT2D eigenvalue weighted by atomic mass is 9.67. The Morgan fingerprint density at radius 1 is 0.471 bits per heavy atom. The zero-order chi connectivity index (χ0) is 45.3. The fraction of sp³-hybridized carbons (Fsp3) is 0.0462. The predicted octanol–water partition coefficient (Wildman–Crippen LogP) is 17.4. The Kier molecular flexibility index (Phi) is 9.19. The lowest BCUT2D eigenvalue weighted by Crippen LogP contribution is -2.28. The first-order valence-corrected chi connectivity index (χ1v) is 23.6. The quantitative estimate of drug-likeness (QED) is 0.127. The fourth-order valence-corrected chi connectivity index (χ4v) is 11.6. The highest BCUT2D eigenvalue weighted by molar-refractivity contribution is 6.14. The van der Waals surface area contributed by atoms with Gasteiger partial charge in [0.2, 0.25) is 0 Å². The lowest BCUT2D eigenvalue weighted by Gasteiger charge is -2.36. The van der Waals surface area contributed by atoms with Gasteiger partial charge in [0.15, 0.2) is 0 Å². The summed E-state index contributed by atoms with van der Waals surface area (Å²) in [4.78, 5) is 4.88. The molecule has 1 aliphatic carbocycles. The van der Waals surface area contributed by atoms with Gasteiger partial charge in [0.1, 0.15) is 0 Å². The van der Waals surface area contributed by atoms with Crippen molar-refractivity contribution in [2.45, 2.75) is 18.3 Å². The van der Waals surface area contributed by atoms with Crippen molar-refractivity contribution in [2.24, 2.45) is 0 Å². The van der Waals surface area contributed by atoms with E-state index in [1.807, 2.05) is 6.08 Å². The summed E-state index contributed by atoms with van der Waals surface area (Å²) in [6.07, 6.45) is 3.63. The van der Waals surface area contributed by atoms with Crippen LogP contribution in [0, 0.1) is 0 Å². The maximum atomic E-state index is 4.75. The standard InChI is InChI=1S/C65H47N3/c1-3-4-20-44(2)66-62-34-19-22-45-21-18-31-56(64(45)62)55-39-36-51(43-63(55)66)67(49-37-40-61-57(41-49)54-30-15-17-33-60(54)68(61)48-27-12-7-13-28-48)50-35-38-53-52-29-14-16-32-58(52)65(59(53)42-50,46-23-8-5-9-24-46)47-25-10-6-11-26-47/h3,5-19,21-43H,1-2,4,20H2. The molecule has 0 atom stereocenters. The molecule has 1 aromatic heterocycles. The second-order valence-electron chi connectivity index (χ2n) is 18.1. The van der Waals surface area contributed by atoms with Crippen molar-refractivity contribution in [3.63, 3.8) is 0 Å². The number of fused-ring (bicyclic) bond motifs is 8. The average Bonchev–Trinajstić information content (AvgIpc) is 3.89. The summed E-state index contributed by atoms with van der Waals surface area (Å²) in [5.74, 6) is 0. The third-order valence-electron chi connectivity index (χ3n) is 14.5. The summed E-state index contributed by atoms with van der Waals surface area (Å²) in [5.41, 5.74) is 19.4. The summed E-state index contributed by atoms with van der Waals surface area (Å²) in [5, 5.41) is 4.88. The van der Waals surface area contributed by atoms with Crippen LogP contribution >= 0.6 is 0 Å². The lowest BCUT2D eigenvalue weighted by molar-refractivity contribution is 0.768. The molecule has 0 saturated heterocycles.